The highest BCUT2D eigenvalue weighted by atomic mass is 16.2. The third-order valence-electron chi connectivity index (χ3n) is 3.36. The van der Waals surface area contributed by atoms with Crippen LogP contribution in [0.15, 0.2) is 0 Å². The van der Waals surface area contributed by atoms with Crippen molar-refractivity contribution in [1.29, 1.82) is 0 Å². The lowest BCUT2D eigenvalue weighted by atomic mass is 9.76. The molecule has 0 aliphatic heterocycles. The van der Waals surface area contributed by atoms with Gasteiger partial charge in [-0.05, 0) is 25.7 Å². The van der Waals surface area contributed by atoms with E-state index < -0.39 is 11.9 Å². The van der Waals surface area contributed by atoms with E-state index in [4.69, 9.17) is 11.5 Å². The maximum Gasteiger partial charge on any atom is 0.239 e. The van der Waals surface area contributed by atoms with Crippen molar-refractivity contribution in [3.05, 3.63) is 0 Å². The minimum atomic E-state index is -0.631. The molecule has 0 aromatic heterocycles. The Labute approximate surface area is 95.9 Å². The van der Waals surface area contributed by atoms with Gasteiger partial charge in [-0.2, -0.15) is 0 Å². The van der Waals surface area contributed by atoms with Crippen LogP contribution in [-0.2, 0) is 9.59 Å². The standard InChI is InChI=1S/C11H21N3O2/c1-6-4-3-5-8(12)9(6)11(16)14-7(2)10(13)15/h6-9H,3-5,12H2,1-2H3,(H2,13,15)(H,14,16). The summed E-state index contributed by atoms with van der Waals surface area (Å²) >= 11 is 0. The first kappa shape index (κ1) is 13.0. The number of hydrogen-bond acceptors (Lipinski definition) is 3. The zero-order chi connectivity index (χ0) is 12.3. The molecule has 0 heterocycles. The fraction of sp³-hybridized carbons (Fsp3) is 0.818. The minimum absolute atomic E-state index is 0.108. The number of primary amides is 1. The van der Waals surface area contributed by atoms with E-state index in [0.717, 1.165) is 19.3 Å². The number of carbonyl (C=O) groups is 2. The quantitative estimate of drug-likeness (QED) is 0.619. The Kier molecular flexibility index (Phi) is 4.29. The molecule has 4 atom stereocenters. The molecule has 5 heteroatoms. The smallest absolute Gasteiger partial charge is 0.239 e. The van der Waals surface area contributed by atoms with Gasteiger partial charge in [0.05, 0.1) is 5.92 Å². The molecule has 0 aromatic rings. The molecule has 0 bridgehead atoms. The van der Waals surface area contributed by atoms with Crippen LogP contribution >= 0.6 is 0 Å². The van der Waals surface area contributed by atoms with Gasteiger partial charge >= 0.3 is 0 Å². The van der Waals surface area contributed by atoms with E-state index >= 15 is 0 Å². The Morgan fingerprint density at radius 3 is 2.50 bits per heavy atom. The van der Waals surface area contributed by atoms with Crippen LogP contribution in [0.1, 0.15) is 33.1 Å². The van der Waals surface area contributed by atoms with Gasteiger partial charge in [0.1, 0.15) is 6.04 Å². The molecule has 1 aliphatic carbocycles. The van der Waals surface area contributed by atoms with E-state index in [9.17, 15) is 9.59 Å². The van der Waals surface area contributed by atoms with Gasteiger partial charge in [-0.25, -0.2) is 0 Å². The number of hydrogen-bond donors (Lipinski definition) is 3. The predicted octanol–water partition coefficient (Wildman–Crippen LogP) is -0.260. The normalized spacial score (nSPS) is 31.8. The Balaban J connectivity index is 2.60. The molecule has 0 saturated heterocycles. The van der Waals surface area contributed by atoms with Crippen LogP contribution in [0.5, 0.6) is 0 Å². The Morgan fingerprint density at radius 2 is 2.00 bits per heavy atom. The molecular formula is C11H21N3O2. The summed E-state index contributed by atoms with van der Waals surface area (Å²) in [6.07, 6.45) is 2.95. The summed E-state index contributed by atoms with van der Waals surface area (Å²) in [4.78, 5) is 22.8. The number of amides is 2. The van der Waals surface area contributed by atoms with E-state index in [1.54, 1.807) is 6.92 Å². The second-order valence-electron chi connectivity index (χ2n) is 4.73. The number of rotatable bonds is 3. The molecule has 1 saturated carbocycles. The summed E-state index contributed by atoms with van der Waals surface area (Å²) < 4.78 is 0. The fourth-order valence-electron chi connectivity index (χ4n) is 2.29. The SMILES string of the molecule is CC(NC(=O)C1C(C)CCCC1N)C(N)=O. The molecule has 1 rings (SSSR count). The van der Waals surface area contributed by atoms with Gasteiger partial charge in [0.25, 0.3) is 0 Å². The molecule has 4 unspecified atom stereocenters. The molecule has 5 nitrogen and oxygen atoms in total. The molecule has 1 aliphatic rings. The van der Waals surface area contributed by atoms with Gasteiger partial charge in [-0.3, -0.25) is 9.59 Å². The van der Waals surface area contributed by atoms with Gasteiger partial charge in [-0.1, -0.05) is 13.3 Å². The molecule has 0 spiro atoms. The molecule has 5 N–H and O–H groups in total. The van der Waals surface area contributed by atoms with Gasteiger partial charge in [-0.15, -0.1) is 0 Å². The molecular weight excluding hydrogens is 206 g/mol. The maximum absolute atomic E-state index is 11.9. The second kappa shape index (κ2) is 5.30. The molecule has 0 aromatic carbocycles. The lowest BCUT2D eigenvalue weighted by molar-refractivity contribution is -0.132. The average Bonchev–Trinajstić information content (AvgIpc) is 2.16. The van der Waals surface area contributed by atoms with E-state index in [-0.39, 0.29) is 23.8 Å². The summed E-state index contributed by atoms with van der Waals surface area (Å²) in [7, 11) is 0. The van der Waals surface area contributed by atoms with Gasteiger partial charge in [0, 0.05) is 6.04 Å². The molecule has 1 fully saturated rings. The van der Waals surface area contributed by atoms with Crippen molar-refractivity contribution in [2.24, 2.45) is 23.3 Å². The van der Waals surface area contributed by atoms with Gasteiger partial charge < -0.3 is 16.8 Å². The van der Waals surface area contributed by atoms with Crippen LogP contribution in [0.25, 0.3) is 0 Å². The summed E-state index contributed by atoms with van der Waals surface area (Å²) in [5.74, 6) is -0.601. The first-order valence-electron chi connectivity index (χ1n) is 5.78. The van der Waals surface area contributed by atoms with Crippen molar-refractivity contribution < 1.29 is 9.59 Å². The second-order valence-corrected chi connectivity index (χ2v) is 4.73. The Bertz CT molecular complexity index is 270. The van der Waals surface area contributed by atoms with Crippen molar-refractivity contribution in [2.45, 2.75) is 45.2 Å². The predicted molar refractivity (Wildman–Crippen MR) is 61.3 cm³/mol. The van der Waals surface area contributed by atoms with Crippen molar-refractivity contribution >= 4 is 11.8 Å². The van der Waals surface area contributed by atoms with E-state index in [1.807, 2.05) is 6.92 Å². The molecule has 92 valence electrons. The highest BCUT2D eigenvalue weighted by molar-refractivity contribution is 5.87. The number of nitrogens with two attached hydrogens (primary N) is 2. The van der Waals surface area contributed by atoms with E-state index in [1.165, 1.54) is 0 Å². The van der Waals surface area contributed by atoms with Gasteiger partial charge in [0.15, 0.2) is 0 Å². The van der Waals surface area contributed by atoms with Crippen LogP contribution in [0, 0.1) is 11.8 Å². The van der Waals surface area contributed by atoms with Crippen LogP contribution in [0.3, 0.4) is 0 Å². The average molecular weight is 227 g/mol. The number of nitrogens with one attached hydrogen (secondary N) is 1. The zero-order valence-electron chi connectivity index (χ0n) is 9.90. The Hall–Kier alpha value is -1.10. The third-order valence-corrected chi connectivity index (χ3v) is 3.36. The van der Waals surface area contributed by atoms with Crippen molar-refractivity contribution in [3.63, 3.8) is 0 Å². The fourth-order valence-corrected chi connectivity index (χ4v) is 2.29. The zero-order valence-corrected chi connectivity index (χ0v) is 9.90. The van der Waals surface area contributed by atoms with E-state index in [2.05, 4.69) is 5.32 Å². The van der Waals surface area contributed by atoms with Gasteiger partial charge in [0.2, 0.25) is 11.8 Å². The maximum atomic E-state index is 11.9. The number of carbonyl (C=O) groups excluding carboxylic acids is 2. The summed E-state index contributed by atoms with van der Waals surface area (Å²) in [5.41, 5.74) is 11.0. The molecule has 0 radical (unpaired) electrons. The summed E-state index contributed by atoms with van der Waals surface area (Å²) in [6, 6.07) is -0.738. The summed E-state index contributed by atoms with van der Waals surface area (Å²) in [6.45, 7) is 3.61. The van der Waals surface area contributed by atoms with Crippen LogP contribution in [0.4, 0.5) is 0 Å². The topological polar surface area (TPSA) is 98.2 Å². The van der Waals surface area contributed by atoms with Crippen molar-refractivity contribution in [2.75, 3.05) is 0 Å². The van der Waals surface area contributed by atoms with E-state index in [0.29, 0.717) is 0 Å². The lowest BCUT2D eigenvalue weighted by Gasteiger charge is -2.33. The minimum Gasteiger partial charge on any atom is -0.368 e. The third kappa shape index (κ3) is 2.95. The highest BCUT2D eigenvalue weighted by Crippen LogP contribution is 2.29. The van der Waals surface area contributed by atoms with Crippen LogP contribution in [-0.4, -0.2) is 23.9 Å². The van der Waals surface area contributed by atoms with Crippen molar-refractivity contribution in [3.8, 4) is 0 Å². The largest absolute Gasteiger partial charge is 0.368 e. The molecule has 2 amide bonds. The van der Waals surface area contributed by atoms with Crippen LogP contribution < -0.4 is 16.8 Å². The Morgan fingerprint density at radius 1 is 1.38 bits per heavy atom. The monoisotopic (exact) mass is 227 g/mol. The van der Waals surface area contributed by atoms with Crippen LogP contribution in [0.2, 0.25) is 0 Å². The highest BCUT2D eigenvalue weighted by Gasteiger charge is 2.34. The molecule has 16 heavy (non-hydrogen) atoms. The first-order chi connectivity index (χ1) is 7.43. The summed E-state index contributed by atoms with van der Waals surface area (Å²) in [5, 5.41) is 2.62. The van der Waals surface area contributed by atoms with Crippen molar-refractivity contribution in [1.82, 2.24) is 5.32 Å². The first-order valence-corrected chi connectivity index (χ1v) is 5.78. The lowest BCUT2D eigenvalue weighted by Crippen LogP contribution is -2.51.